The number of nitrogens with one attached hydrogen (secondary N) is 1. The summed E-state index contributed by atoms with van der Waals surface area (Å²) >= 11 is 3.23. The number of benzene rings is 1. The fourth-order valence-corrected chi connectivity index (χ4v) is 1.87. The Bertz CT molecular complexity index is 470. The number of amides is 1. The van der Waals surface area contributed by atoms with Gasteiger partial charge in [-0.25, -0.2) is 4.79 Å². The molecule has 0 saturated carbocycles. The molecule has 0 aliphatic carbocycles. The Morgan fingerprint density at radius 3 is 2.50 bits per heavy atom. The summed E-state index contributed by atoms with van der Waals surface area (Å²) in [5.74, 6) is -1.53. The number of hydrogen-bond acceptors (Lipinski definition) is 3. The van der Waals surface area contributed by atoms with Gasteiger partial charge in [0.25, 0.3) is 5.91 Å². The van der Waals surface area contributed by atoms with Gasteiger partial charge in [0, 0.05) is 15.7 Å². The van der Waals surface area contributed by atoms with Crippen LogP contribution in [0, 0.1) is 0 Å². The van der Waals surface area contributed by atoms with Crippen molar-refractivity contribution in [1.82, 2.24) is 5.32 Å². The molecule has 0 spiro atoms. The van der Waals surface area contributed by atoms with Crippen LogP contribution in [0.3, 0.4) is 0 Å². The van der Waals surface area contributed by atoms with Crippen molar-refractivity contribution in [3.63, 3.8) is 0 Å². The number of carbonyl (C=O) groups excluding carboxylic acids is 1. The van der Waals surface area contributed by atoms with Gasteiger partial charge in [-0.05, 0) is 31.5 Å². The number of anilines is 1. The smallest absolute Gasteiger partial charge is 0.329 e. The monoisotopic (exact) mass is 314 g/mol. The molecule has 1 amide bonds. The van der Waals surface area contributed by atoms with E-state index in [0.29, 0.717) is 15.7 Å². The third kappa shape index (κ3) is 3.22. The maximum atomic E-state index is 12.0. The van der Waals surface area contributed by atoms with Crippen LogP contribution < -0.4 is 11.1 Å². The Morgan fingerprint density at radius 2 is 2.06 bits per heavy atom. The van der Waals surface area contributed by atoms with Crippen LogP contribution in [0.5, 0.6) is 0 Å². The zero-order chi connectivity index (χ0) is 13.9. The van der Waals surface area contributed by atoms with Crippen molar-refractivity contribution >= 4 is 33.5 Å². The van der Waals surface area contributed by atoms with Crippen LogP contribution in [-0.2, 0) is 4.79 Å². The first-order chi connectivity index (χ1) is 8.28. The van der Waals surface area contributed by atoms with Gasteiger partial charge in [0.15, 0.2) is 0 Å². The van der Waals surface area contributed by atoms with E-state index in [1.165, 1.54) is 13.0 Å². The summed E-state index contributed by atoms with van der Waals surface area (Å²) in [4.78, 5) is 23.1. The van der Waals surface area contributed by atoms with Crippen molar-refractivity contribution in [3.8, 4) is 0 Å². The van der Waals surface area contributed by atoms with Gasteiger partial charge >= 0.3 is 5.97 Å². The largest absolute Gasteiger partial charge is 0.480 e. The van der Waals surface area contributed by atoms with Gasteiger partial charge in [-0.2, -0.15) is 0 Å². The van der Waals surface area contributed by atoms with E-state index in [1.807, 2.05) is 0 Å². The second-order valence-corrected chi connectivity index (χ2v) is 5.13. The average Bonchev–Trinajstić information content (AvgIpc) is 2.27. The number of carbonyl (C=O) groups is 2. The summed E-state index contributed by atoms with van der Waals surface area (Å²) in [5.41, 5.74) is 5.10. The molecule has 1 atom stereocenters. The Hall–Kier alpha value is -1.56. The second kappa shape index (κ2) is 5.39. The van der Waals surface area contributed by atoms with Crippen LogP contribution in [0.4, 0.5) is 5.69 Å². The Balaban J connectivity index is 2.98. The molecule has 6 heteroatoms. The third-order valence-electron chi connectivity index (χ3n) is 2.75. The second-order valence-electron chi connectivity index (χ2n) is 4.22. The SMILES string of the molecule is CCC(C)(NC(=O)c1cc(N)cc(Br)c1)C(=O)O. The lowest BCUT2D eigenvalue weighted by molar-refractivity contribution is -0.143. The zero-order valence-corrected chi connectivity index (χ0v) is 11.7. The van der Waals surface area contributed by atoms with Crippen LogP contribution in [0.25, 0.3) is 0 Å². The van der Waals surface area contributed by atoms with E-state index in [4.69, 9.17) is 10.8 Å². The Morgan fingerprint density at radius 1 is 1.44 bits per heavy atom. The Labute approximate surface area is 113 Å². The summed E-state index contributed by atoms with van der Waals surface area (Å²) in [6.45, 7) is 3.16. The highest BCUT2D eigenvalue weighted by Crippen LogP contribution is 2.18. The summed E-state index contributed by atoms with van der Waals surface area (Å²) < 4.78 is 0.668. The molecular weight excluding hydrogens is 300 g/mol. The fourth-order valence-electron chi connectivity index (χ4n) is 1.36. The number of nitrogens with two attached hydrogens (primary N) is 1. The summed E-state index contributed by atoms with van der Waals surface area (Å²) in [5, 5.41) is 11.6. The fraction of sp³-hybridized carbons (Fsp3) is 0.333. The number of aliphatic carboxylic acids is 1. The zero-order valence-electron chi connectivity index (χ0n) is 10.2. The number of rotatable bonds is 4. The van der Waals surface area contributed by atoms with Crippen LogP contribution in [0.15, 0.2) is 22.7 Å². The average molecular weight is 315 g/mol. The van der Waals surface area contributed by atoms with Gasteiger partial charge in [0.2, 0.25) is 0 Å². The van der Waals surface area contributed by atoms with Gasteiger partial charge in [0.1, 0.15) is 5.54 Å². The molecule has 4 N–H and O–H groups in total. The lowest BCUT2D eigenvalue weighted by atomic mass is 9.98. The lowest BCUT2D eigenvalue weighted by Crippen LogP contribution is -2.51. The van der Waals surface area contributed by atoms with Gasteiger partial charge in [-0.1, -0.05) is 22.9 Å². The Kier molecular flexibility index (Phi) is 4.34. The highest BCUT2D eigenvalue weighted by atomic mass is 79.9. The van der Waals surface area contributed by atoms with Crippen molar-refractivity contribution in [2.45, 2.75) is 25.8 Å². The molecule has 0 saturated heterocycles. The van der Waals surface area contributed by atoms with E-state index in [-0.39, 0.29) is 6.42 Å². The van der Waals surface area contributed by atoms with Crippen molar-refractivity contribution in [2.24, 2.45) is 0 Å². The molecule has 0 aliphatic heterocycles. The van der Waals surface area contributed by atoms with E-state index in [2.05, 4.69) is 21.2 Å². The molecule has 1 unspecified atom stereocenters. The lowest BCUT2D eigenvalue weighted by Gasteiger charge is -2.24. The first-order valence-corrected chi connectivity index (χ1v) is 6.20. The minimum atomic E-state index is -1.28. The van der Waals surface area contributed by atoms with E-state index in [9.17, 15) is 9.59 Å². The summed E-state index contributed by atoms with van der Waals surface area (Å²) in [6, 6.07) is 4.74. The molecule has 0 bridgehead atoms. The maximum Gasteiger partial charge on any atom is 0.329 e. The van der Waals surface area contributed by atoms with Crippen molar-refractivity contribution < 1.29 is 14.7 Å². The topological polar surface area (TPSA) is 92.4 Å². The summed E-state index contributed by atoms with van der Waals surface area (Å²) in [6.07, 6.45) is 0.289. The number of carboxylic acids is 1. The van der Waals surface area contributed by atoms with E-state index >= 15 is 0 Å². The van der Waals surface area contributed by atoms with Crippen LogP contribution in [0.2, 0.25) is 0 Å². The maximum absolute atomic E-state index is 12.0. The molecular formula is C12H15BrN2O3. The van der Waals surface area contributed by atoms with Crippen LogP contribution in [-0.4, -0.2) is 22.5 Å². The number of hydrogen-bond donors (Lipinski definition) is 3. The molecule has 0 aliphatic rings. The van der Waals surface area contributed by atoms with E-state index < -0.39 is 17.4 Å². The van der Waals surface area contributed by atoms with Crippen molar-refractivity contribution in [1.29, 1.82) is 0 Å². The predicted octanol–water partition coefficient (Wildman–Crippen LogP) is 2.01. The van der Waals surface area contributed by atoms with Gasteiger partial charge < -0.3 is 16.2 Å². The quantitative estimate of drug-likeness (QED) is 0.741. The highest BCUT2D eigenvalue weighted by molar-refractivity contribution is 9.10. The molecule has 0 aromatic heterocycles. The third-order valence-corrected chi connectivity index (χ3v) is 3.21. The van der Waals surface area contributed by atoms with Crippen molar-refractivity contribution in [3.05, 3.63) is 28.2 Å². The molecule has 0 radical (unpaired) electrons. The molecule has 0 fully saturated rings. The van der Waals surface area contributed by atoms with E-state index in [1.54, 1.807) is 19.1 Å². The molecule has 0 heterocycles. The number of halogens is 1. The first-order valence-electron chi connectivity index (χ1n) is 5.40. The molecule has 1 aromatic carbocycles. The van der Waals surface area contributed by atoms with Gasteiger partial charge in [0.05, 0.1) is 0 Å². The summed E-state index contributed by atoms with van der Waals surface area (Å²) in [7, 11) is 0. The minimum absolute atomic E-state index is 0.289. The molecule has 5 nitrogen and oxygen atoms in total. The van der Waals surface area contributed by atoms with Gasteiger partial charge in [-0.15, -0.1) is 0 Å². The number of nitrogen functional groups attached to an aromatic ring is 1. The molecule has 1 aromatic rings. The molecule has 98 valence electrons. The predicted molar refractivity (Wildman–Crippen MR) is 72.4 cm³/mol. The van der Waals surface area contributed by atoms with Gasteiger partial charge in [-0.3, -0.25) is 4.79 Å². The molecule has 1 rings (SSSR count). The normalized spacial score (nSPS) is 13.7. The van der Waals surface area contributed by atoms with E-state index in [0.717, 1.165) is 0 Å². The van der Waals surface area contributed by atoms with Crippen LogP contribution in [0.1, 0.15) is 30.6 Å². The highest BCUT2D eigenvalue weighted by Gasteiger charge is 2.33. The van der Waals surface area contributed by atoms with Crippen LogP contribution >= 0.6 is 15.9 Å². The van der Waals surface area contributed by atoms with Crippen molar-refractivity contribution in [2.75, 3.05) is 5.73 Å². The first kappa shape index (κ1) is 14.5. The molecule has 18 heavy (non-hydrogen) atoms. The standard InChI is InChI=1S/C12H15BrN2O3/c1-3-12(2,11(17)18)15-10(16)7-4-8(13)6-9(14)5-7/h4-6H,3,14H2,1-2H3,(H,15,16)(H,17,18). The number of carboxylic acid groups (broad SMARTS) is 1. The minimum Gasteiger partial charge on any atom is -0.480 e.